The van der Waals surface area contributed by atoms with Crippen molar-refractivity contribution in [1.29, 1.82) is 0 Å². The molecule has 0 saturated heterocycles. The summed E-state index contributed by atoms with van der Waals surface area (Å²) < 4.78 is 5.18. The Morgan fingerprint density at radius 3 is 2.44 bits per heavy atom. The van der Waals surface area contributed by atoms with Gasteiger partial charge in [0, 0.05) is 13.1 Å². The number of nitrogens with zero attached hydrogens (tertiary/aromatic N) is 2. The fourth-order valence-corrected chi connectivity index (χ4v) is 2.02. The first-order chi connectivity index (χ1) is 8.65. The summed E-state index contributed by atoms with van der Waals surface area (Å²) in [5, 5.41) is 0. The van der Waals surface area contributed by atoms with Crippen molar-refractivity contribution in [1.82, 2.24) is 4.98 Å². The normalized spacial score (nSPS) is 10.7. The van der Waals surface area contributed by atoms with Gasteiger partial charge in [-0.05, 0) is 25.0 Å². The highest BCUT2D eigenvalue weighted by Gasteiger charge is 2.13. The summed E-state index contributed by atoms with van der Waals surface area (Å²) in [4.78, 5) is 6.74. The standard InChI is InChI=1S/C14H25N3O/c1-5-11(6-2)10-17(7-3)13-9-8-12(15)14(16-13)18-4/h8-9,11H,5-7,10,15H2,1-4H3. The summed E-state index contributed by atoms with van der Waals surface area (Å²) in [6, 6.07) is 3.82. The summed E-state index contributed by atoms with van der Waals surface area (Å²) >= 11 is 0. The Morgan fingerprint density at radius 2 is 1.94 bits per heavy atom. The molecule has 0 spiro atoms. The van der Waals surface area contributed by atoms with E-state index in [-0.39, 0.29) is 0 Å². The molecule has 4 nitrogen and oxygen atoms in total. The lowest BCUT2D eigenvalue weighted by Gasteiger charge is -2.26. The first kappa shape index (κ1) is 14.6. The minimum Gasteiger partial charge on any atom is -0.479 e. The maximum absolute atomic E-state index is 5.79. The zero-order valence-electron chi connectivity index (χ0n) is 11.9. The lowest BCUT2D eigenvalue weighted by Crippen LogP contribution is -2.29. The van der Waals surface area contributed by atoms with E-state index in [1.807, 2.05) is 12.1 Å². The number of anilines is 2. The molecule has 18 heavy (non-hydrogen) atoms. The monoisotopic (exact) mass is 251 g/mol. The van der Waals surface area contributed by atoms with Crippen molar-refractivity contribution >= 4 is 11.5 Å². The number of rotatable bonds is 7. The summed E-state index contributed by atoms with van der Waals surface area (Å²) in [5.74, 6) is 2.15. The number of nitrogens with two attached hydrogens (primary N) is 1. The molecule has 2 N–H and O–H groups in total. The topological polar surface area (TPSA) is 51.4 Å². The minimum absolute atomic E-state index is 0.510. The van der Waals surface area contributed by atoms with Crippen LogP contribution in [0.15, 0.2) is 12.1 Å². The van der Waals surface area contributed by atoms with Gasteiger partial charge in [-0.15, -0.1) is 0 Å². The van der Waals surface area contributed by atoms with Crippen molar-refractivity contribution in [2.75, 3.05) is 30.8 Å². The van der Waals surface area contributed by atoms with Crippen LogP contribution >= 0.6 is 0 Å². The average molecular weight is 251 g/mol. The van der Waals surface area contributed by atoms with E-state index in [0.29, 0.717) is 17.5 Å². The number of hydrogen-bond acceptors (Lipinski definition) is 4. The largest absolute Gasteiger partial charge is 0.479 e. The van der Waals surface area contributed by atoms with Crippen LogP contribution in [0.25, 0.3) is 0 Å². The molecule has 0 unspecified atom stereocenters. The Morgan fingerprint density at radius 1 is 1.28 bits per heavy atom. The SMILES string of the molecule is CCC(CC)CN(CC)c1ccc(N)c(OC)n1. The van der Waals surface area contributed by atoms with Crippen LogP contribution in [0.2, 0.25) is 0 Å². The molecule has 102 valence electrons. The second-order valence-electron chi connectivity index (χ2n) is 4.49. The molecule has 1 aromatic rings. The molecule has 0 atom stereocenters. The van der Waals surface area contributed by atoms with Gasteiger partial charge in [-0.1, -0.05) is 26.7 Å². The lowest BCUT2D eigenvalue weighted by molar-refractivity contribution is 0.399. The van der Waals surface area contributed by atoms with Crippen molar-refractivity contribution in [2.45, 2.75) is 33.6 Å². The Bertz CT molecular complexity index is 364. The molecule has 0 bridgehead atoms. The van der Waals surface area contributed by atoms with E-state index in [4.69, 9.17) is 10.5 Å². The molecule has 0 aromatic carbocycles. The fourth-order valence-electron chi connectivity index (χ4n) is 2.02. The smallest absolute Gasteiger partial charge is 0.238 e. The Balaban J connectivity index is 2.87. The number of nitrogen functional groups attached to an aromatic ring is 1. The van der Waals surface area contributed by atoms with Gasteiger partial charge in [0.1, 0.15) is 5.82 Å². The van der Waals surface area contributed by atoms with E-state index in [2.05, 4.69) is 30.7 Å². The molecular weight excluding hydrogens is 226 g/mol. The molecule has 0 aliphatic carbocycles. The molecule has 0 aliphatic heterocycles. The molecule has 1 heterocycles. The molecule has 4 heteroatoms. The van der Waals surface area contributed by atoms with Crippen molar-refractivity contribution < 1.29 is 4.74 Å². The summed E-state index contributed by atoms with van der Waals surface area (Å²) in [6.07, 6.45) is 2.39. The molecule has 0 radical (unpaired) electrons. The third kappa shape index (κ3) is 3.52. The maximum atomic E-state index is 5.79. The second kappa shape index (κ2) is 7.09. The van der Waals surface area contributed by atoms with Crippen molar-refractivity contribution in [3.63, 3.8) is 0 Å². The van der Waals surface area contributed by atoms with E-state index < -0.39 is 0 Å². The van der Waals surface area contributed by atoms with Crippen LogP contribution in [0.4, 0.5) is 11.5 Å². The predicted octanol–water partition coefficient (Wildman–Crippen LogP) is 2.93. The molecule has 0 fully saturated rings. The quantitative estimate of drug-likeness (QED) is 0.809. The second-order valence-corrected chi connectivity index (χ2v) is 4.49. The molecule has 0 saturated carbocycles. The van der Waals surface area contributed by atoms with Crippen LogP contribution in [0.3, 0.4) is 0 Å². The summed E-state index contributed by atoms with van der Waals surface area (Å²) in [6.45, 7) is 8.59. The van der Waals surface area contributed by atoms with Gasteiger partial charge in [0.25, 0.3) is 0 Å². The molecule has 1 aromatic heterocycles. The number of hydrogen-bond donors (Lipinski definition) is 1. The number of ether oxygens (including phenoxy) is 1. The van der Waals surface area contributed by atoms with E-state index in [0.717, 1.165) is 18.9 Å². The van der Waals surface area contributed by atoms with Gasteiger partial charge < -0.3 is 15.4 Å². The van der Waals surface area contributed by atoms with E-state index in [1.165, 1.54) is 12.8 Å². The van der Waals surface area contributed by atoms with Gasteiger partial charge in [0.05, 0.1) is 12.8 Å². The molecule has 0 aliphatic rings. The minimum atomic E-state index is 0.510. The third-order valence-corrected chi connectivity index (χ3v) is 3.41. The first-order valence-electron chi connectivity index (χ1n) is 6.71. The van der Waals surface area contributed by atoms with Gasteiger partial charge in [-0.25, -0.2) is 0 Å². The van der Waals surface area contributed by atoms with Crippen LogP contribution in [0, 0.1) is 5.92 Å². The predicted molar refractivity (Wildman–Crippen MR) is 77.2 cm³/mol. The van der Waals surface area contributed by atoms with Crippen LogP contribution < -0.4 is 15.4 Å². The molecule has 0 amide bonds. The van der Waals surface area contributed by atoms with E-state index >= 15 is 0 Å². The Hall–Kier alpha value is -1.45. The first-order valence-corrected chi connectivity index (χ1v) is 6.71. The zero-order valence-corrected chi connectivity index (χ0v) is 11.9. The van der Waals surface area contributed by atoms with E-state index in [9.17, 15) is 0 Å². The summed E-state index contributed by atoms with van der Waals surface area (Å²) in [7, 11) is 1.60. The average Bonchev–Trinajstić information content (AvgIpc) is 2.41. The number of pyridine rings is 1. The van der Waals surface area contributed by atoms with Crippen molar-refractivity contribution in [3.8, 4) is 5.88 Å². The number of aromatic nitrogens is 1. The van der Waals surface area contributed by atoms with Gasteiger partial charge >= 0.3 is 0 Å². The Kier molecular flexibility index (Phi) is 5.75. The van der Waals surface area contributed by atoms with Crippen LogP contribution in [0.5, 0.6) is 5.88 Å². The number of methoxy groups -OCH3 is 1. The maximum Gasteiger partial charge on any atom is 0.238 e. The van der Waals surface area contributed by atoms with Gasteiger partial charge in [-0.2, -0.15) is 4.98 Å². The highest BCUT2D eigenvalue weighted by Crippen LogP contribution is 2.24. The Labute approximate surface area is 110 Å². The highest BCUT2D eigenvalue weighted by atomic mass is 16.5. The third-order valence-electron chi connectivity index (χ3n) is 3.41. The van der Waals surface area contributed by atoms with Crippen LogP contribution in [0.1, 0.15) is 33.6 Å². The van der Waals surface area contributed by atoms with E-state index in [1.54, 1.807) is 7.11 Å². The molecule has 1 rings (SSSR count). The summed E-state index contributed by atoms with van der Waals surface area (Å²) in [5.41, 5.74) is 6.37. The van der Waals surface area contributed by atoms with Gasteiger partial charge in [0.2, 0.25) is 5.88 Å². The zero-order chi connectivity index (χ0) is 13.5. The van der Waals surface area contributed by atoms with Crippen LogP contribution in [-0.2, 0) is 0 Å². The fraction of sp³-hybridized carbons (Fsp3) is 0.643. The van der Waals surface area contributed by atoms with Crippen LogP contribution in [-0.4, -0.2) is 25.2 Å². The van der Waals surface area contributed by atoms with Crippen molar-refractivity contribution in [2.24, 2.45) is 5.92 Å². The lowest BCUT2D eigenvalue weighted by atomic mass is 10.0. The van der Waals surface area contributed by atoms with Gasteiger partial charge in [0.15, 0.2) is 0 Å². The molecular formula is C14H25N3O. The van der Waals surface area contributed by atoms with Crippen molar-refractivity contribution in [3.05, 3.63) is 12.1 Å². The highest BCUT2D eigenvalue weighted by molar-refractivity contribution is 5.54. The van der Waals surface area contributed by atoms with Gasteiger partial charge in [-0.3, -0.25) is 0 Å².